The van der Waals surface area contributed by atoms with E-state index in [4.69, 9.17) is 10.5 Å². The van der Waals surface area contributed by atoms with Crippen LogP contribution in [0.15, 0.2) is 88.3 Å². The Morgan fingerprint density at radius 1 is 1.08 bits per heavy atom. The van der Waals surface area contributed by atoms with Crippen molar-refractivity contribution < 1.29 is 19.4 Å². The van der Waals surface area contributed by atoms with Gasteiger partial charge in [0, 0.05) is 26.0 Å². The molecule has 0 bridgehead atoms. The van der Waals surface area contributed by atoms with Crippen LogP contribution >= 0.6 is 27.7 Å². The first-order valence-electron chi connectivity index (χ1n) is 11.0. The number of thioether (sulfide) groups is 1. The van der Waals surface area contributed by atoms with E-state index in [-0.39, 0.29) is 5.75 Å². The Hall–Kier alpha value is -3.43. The van der Waals surface area contributed by atoms with E-state index in [0.717, 1.165) is 4.90 Å². The predicted molar refractivity (Wildman–Crippen MR) is 149 cm³/mol. The van der Waals surface area contributed by atoms with E-state index >= 15 is 0 Å². The van der Waals surface area contributed by atoms with Crippen molar-refractivity contribution >= 4 is 56.8 Å². The quantitative estimate of drug-likeness (QED) is 0.132. The first-order valence-corrected chi connectivity index (χ1v) is 13.1. The molecule has 0 aliphatic rings. The van der Waals surface area contributed by atoms with E-state index < -0.39 is 23.5 Å². The van der Waals surface area contributed by atoms with Crippen LogP contribution in [-0.2, 0) is 9.53 Å². The molecule has 3 aromatic rings. The summed E-state index contributed by atoms with van der Waals surface area (Å²) in [5.74, 6) is -0.431. The van der Waals surface area contributed by atoms with Gasteiger partial charge in [-0.05, 0) is 66.9 Å². The van der Waals surface area contributed by atoms with Crippen molar-refractivity contribution in [1.29, 1.82) is 0 Å². The first-order chi connectivity index (χ1) is 17.1. The summed E-state index contributed by atoms with van der Waals surface area (Å²) in [6.45, 7) is 3.61. The first kappa shape index (κ1) is 27.2. The third-order valence-electron chi connectivity index (χ3n) is 5.39. The van der Waals surface area contributed by atoms with Crippen molar-refractivity contribution in [3.05, 3.63) is 88.9 Å². The highest BCUT2D eigenvalue weighted by Crippen LogP contribution is 2.42. The number of hydrogen-bond donors (Lipinski definition) is 4. The number of aromatic hydroxyl groups is 1. The fourth-order valence-electron chi connectivity index (χ4n) is 3.44. The fourth-order valence-corrected chi connectivity index (χ4v) is 4.23. The van der Waals surface area contributed by atoms with Crippen LogP contribution in [0.1, 0.15) is 25.5 Å². The van der Waals surface area contributed by atoms with E-state index in [2.05, 4.69) is 26.6 Å². The Balaban J connectivity index is 1.84. The molecule has 0 aliphatic heterocycles. The van der Waals surface area contributed by atoms with Crippen LogP contribution in [0.3, 0.4) is 0 Å². The zero-order chi connectivity index (χ0) is 26.3. The van der Waals surface area contributed by atoms with Gasteiger partial charge in [-0.25, -0.2) is 4.79 Å². The van der Waals surface area contributed by atoms with Gasteiger partial charge in [0.25, 0.3) is 0 Å². The van der Waals surface area contributed by atoms with Crippen LogP contribution < -0.4 is 16.4 Å². The number of phenolic OH excluding ortho intramolecular Hbond substituents is 1. The highest BCUT2D eigenvalue weighted by molar-refractivity contribution is 9.10. The van der Waals surface area contributed by atoms with Crippen molar-refractivity contribution in [1.82, 2.24) is 0 Å². The van der Waals surface area contributed by atoms with Gasteiger partial charge >= 0.3 is 6.09 Å². The smallest absolute Gasteiger partial charge is 0.412 e. The summed E-state index contributed by atoms with van der Waals surface area (Å²) in [4.78, 5) is 26.5. The Labute approximate surface area is 223 Å². The number of ether oxygens (including phenoxy) is 1. The van der Waals surface area contributed by atoms with Crippen LogP contribution in [0.2, 0.25) is 0 Å². The average molecular weight is 571 g/mol. The van der Waals surface area contributed by atoms with Crippen molar-refractivity contribution in [3.8, 4) is 5.75 Å². The summed E-state index contributed by atoms with van der Waals surface area (Å²) in [6, 6.07) is 19.2. The van der Waals surface area contributed by atoms with Crippen molar-refractivity contribution in [2.45, 2.75) is 24.8 Å². The molecule has 0 unspecified atom stereocenters. The van der Waals surface area contributed by atoms with E-state index in [9.17, 15) is 14.7 Å². The normalized spacial score (nSPS) is 12.2. The summed E-state index contributed by atoms with van der Waals surface area (Å²) in [5.41, 5.74) is 6.91. The van der Waals surface area contributed by atoms with E-state index in [1.54, 1.807) is 80.2 Å². The minimum Gasteiger partial charge on any atom is -0.508 e. The van der Waals surface area contributed by atoms with Gasteiger partial charge in [0.1, 0.15) is 11.9 Å². The lowest BCUT2D eigenvalue weighted by Gasteiger charge is -2.32. The average Bonchev–Trinajstić information content (AvgIpc) is 2.85. The Bertz CT molecular complexity index is 1260. The van der Waals surface area contributed by atoms with Gasteiger partial charge in [0.05, 0.1) is 11.4 Å². The standard InChI is InChI=1S/C27H28BrN3O4S/c1-27(2,15-14-24(33)31-22-7-5-4-6-21(22)29)25(20-16-17(28)8-13-23(20)32)35-26(34)30-18-9-11-19(36-3)12-10-18/h4-16,25,32H,29H2,1-3H3,(H,30,34)(H,31,33)/b15-14+/t25-/m1/s1. The Morgan fingerprint density at radius 2 is 1.78 bits per heavy atom. The number of halogens is 1. The van der Waals surface area contributed by atoms with Crippen molar-refractivity contribution in [3.63, 3.8) is 0 Å². The number of carbonyl (C=O) groups is 2. The van der Waals surface area contributed by atoms with Gasteiger partial charge < -0.3 is 20.9 Å². The van der Waals surface area contributed by atoms with Gasteiger partial charge in [-0.2, -0.15) is 0 Å². The molecule has 0 saturated heterocycles. The van der Waals surface area contributed by atoms with Gasteiger partial charge in [0.15, 0.2) is 0 Å². The van der Waals surface area contributed by atoms with Crippen molar-refractivity contribution in [2.75, 3.05) is 22.6 Å². The van der Waals surface area contributed by atoms with Crippen LogP contribution in [0, 0.1) is 5.41 Å². The minimum absolute atomic E-state index is 0.0386. The molecule has 5 N–H and O–H groups in total. The summed E-state index contributed by atoms with van der Waals surface area (Å²) in [6.07, 6.45) is 3.34. The lowest BCUT2D eigenvalue weighted by Crippen LogP contribution is -2.28. The zero-order valence-electron chi connectivity index (χ0n) is 20.1. The van der Waals surface area contributed by atoms with Crippen LogP contribution in [0.25, 0.3) is 0 Å². The summed E-state index contributed by atoms with van der Waals surface area (Å²) >= 11 is 5.00. The topological polar surface area (TPSA) is 114 Å². The monoisotopic (exact) mass is 569 g/mol. The van der Waals surface area contributed by atoms with Crippen LogP contribution in [0.5, 0.6) is 5.75 Å². The van der Waals surface area contributed by atoms with Gasteiger partial charge in [-0.1, -0.05) is 48.0 Å². The molecule has 1 atom stereocenters. The number of phenols is 1. The highest BCUT2D eigenvalue weighted by atomic mass is 79.9. The molecule has 7 nitrogen and oxygen atoms in total. The largest absolute Gasteiger partial charge is 0.508 e. The summed E-state index contributed by atoms with van der Waals surface area (Å²) < 4.78 is 6.53. The van der Waals surface area contributed by atoms with E-state index in [1.165, 1.54) is 12.1 Å². The van der Waals surface area contributed by atoms with Gasteiger partial charge in [-0.3, -0.25) is 10.1 Å². The molecule has 188 valence electrons. The van der Waals surface area contributed by atoms with E-state index in [0.29, 0.717) is 27.1 Å². The molecule has 36 heavy (non-hydrogen) atoms. The molecular formula is C27H28BrN3O4S. The maximum absolute atomic E-state index is 12.9. The summed E-state index contributed by atoms with van der Waals surface area (Å²) in [5, 5.41) is 16.0. The maximum atomic E-state index is 12.9. The van der Waals surface area contributed by atoms with Gasteiger partial charge in [0.2, 0.25) is 5.91 Å². The number of para-hydroxylation sites is 2. The Kier molecular flexibility index (Phi) is 9.06. The molecule has 0 heterocycles. The minimum atomic E-state index is -0.925. The lowest BCUT2D eigenvalue weighted by molar-refractivity contribution is -0.112. The number of nitrogen functional groups attached to an aromatic ring is 1. The second kappa shape index (κ2) is 12.0. The molecule has 2 amide bonds. The molecule has 3 aromatic carbocycles. The molecule has 0 radical (unpaired) electrons. The maximum Gasteiger partial charge on any atom is 0.412 e. The number of hydrogen-bond acceptors (Lipinski definition) is 6. The zero-order valence-corrected chi connectivity index (χ0v) is 22.5. The number of benzene rings is 3. The van der Waals surface area contributed by atoms with Gasteiger partial charge in [-0.15, -0.1) is 11.8 Å². The lowest BCUT2D eigenvalue weighted by atomic mass is 9.81. The van der Waals surface area contributed by atoms with E-state index in [1.807, 2.05) is 18.4 Å². The van der Waals surface area contributed by atoms with Crippen LogP contribution in [0.4, 0.5) is 21.9 Å². The Morgan fingerprint density at radius 3 is 2.44 bits per heavy atom. The third-order valence-corrected chi connectivity index (χ3v) is 6.63. The second-order valence-electron chi connectivity index (χ2n) is 8.57. The molecule has 0 spiro atoms. The summed E-state index contributed by atoms with van der Waals surface area (Å²) in [7, 11) is 0. The number of nitrogens with one attached hydrogen (secondary N) is 2. The molecule has 0 aromatic heterocycles. The number of rotatable bonds is 8. The second-order valence-corrected chi connectivity index (χ2v) is 10.4. The molecule has 9 heteroatoms. The number of anilines is 3. The molecule has 3 rings (SSSR count). The molecule has 0 saturated carbocycles. The SMILES string of the molecule is CSc1ccc(NC(=O)O[C@H](c2cc(Br)ccc2O)C(C)(C)/C=C/C(=O)Nc2ccccc2N)cc1. The molecular weight excluding hydrogens is 542 g/mol. The molecule has 0 aliphatic carbocycles. The molecule has 0 fully saturated rings. The predicted octanol–water partition coefficient (Wildman–Crippen LogP) is 6.97. The van der Waals surface area contributed by atoms with Crippen molar-refractivity contribution in [2.24, 2.45) is 5.41 Å². The third kappa shape index (κ3) is 7.29. The number of carbonyl (C=O) groups excluding carboxylic acids is 2. The number of amides is 2. The fraction of sp³-hybridized carbons (Fsp3) is 0.185. The number of nitrogens with two attached hydrogens (primary N) is 1. The highest BCUT2D eigenvalue weighted by Gasteiger charge is 2.34. The van der Waals surface area contributed by atoms with Crippen LogP contribution in [-0.4, -0.2) is 23.4 Å².